The molecule has 0 aliphatic carbocycles. The summed E-state index contributed by atoms with van der Waals surface area (Å²) < 4.78 is 7.38. The lowest BCUT2D eigenvalue weighted by atomic mass is 10.1. The highest BCUT2D eigenvalue weighted by Crippen LogP contribution is 2.22. The Morgan fingerprint density at radius 1 is 0.857 bits per heavy atom. The summed E-state index contributed by atoms with van der Waals surface area (Å²) in [5, 5.41) is 10.5. The first-order valence-electron chi connectivity index (χ1n) is 12.0. The minimum atomic E-state index is -0.558. The van der Waals surface area contributed by atoms with Crippen LogP contribution < -0.4 is 10.3 Å². The summed E-state index contributed by atoms with van der Waals surface area (Å²) in [6, 6.07) is 25.4. The summed E-state index contributed by atoms with van der Waals surface area (Å²) in [7, 11) is 0. The molecule has 1 saturated heterocycles. The van der Waals surface area contributed by atoms with Crippen LogP contribution in [0, 0.1) is 0 Å². The van der Waals surface area contributed by atoms with Crippen LogP contribution in [0.25, 0.3) is 16.8 Å². The zero-order valence-electron chi connectivity index (χ0n) is 19.7. The van der Waals surface area contributed by atoms with Crippen LogP contribution in [0.3, 0.4) is 0 Å². The van der Waals surface area contributed by atoms with Gasteiger partial charge in [0.1, 0.15) is 24.1 Å². The molecule has 1 unspecified atom stereocenters. The van der Waals surface area contributed by atoms with E-state index >= 15 is 0 Å². The highest BCUT2D eigenvalue weighted by atomic mass is 16.5. The molecule has 180 valence electrons. The average molecular weight is 471 g/mol. The molecule has 3 heterocycles. The first-order chi connectivity index (χ1) is 17.1. The molecule has 4 aromatic rings. The van der Waals surface area contributed by atoms with Crippen LogP contribution >= 0.6 is 0 Å². The lowest BCUT2D eigenvalue weighted by molar-refractivity contribution is 0.0444. The van der Waals surface area contributed by atoms with Gasteiger partial charge in [-0.25, -0.2) is 4.98 Å². The third kappa shape index (κ3) is 5.95. The Hall–Kier alpha value is -3.52. The lowest BCUT2D eigenvalue weighted by Gasteiger charge is -2.35. The van der Waals surface area contributed by atoms with E-state index in [0.29, 0.717) is 18.7 Å². The summed E-state index contributed by atoms with van der Waals surface area (Å²) in [6.45, 7) is 4.93. The lowest BCUT2D eigenvalue weighted by Crippen LogP contribution is -2.49. The molecule has 7 nitrogen and oxygen atoms in total. The summed E-state index contributed by atoms with van der Waals surface area (Å²) in [6.07, 6.45) is 1.18. The molecule has 7 heteroatoms. The fourth-order valence-corrected chi connectivity index (χ4v) is 4.46. The Morgan fingerprint density at radius 3 is 2.31 bits per heavy atom. The quantitative estimate of drug-likeness (QED) is 0.427. The Bertz CT molecular complexity index is 1300. The second-order valence-corrected chi connectivity index (χ2v) is 8.95. The van der Waals surface area contributed by atoms with Crippen molar-refractivity contribution in [2.75, 3.05) is 39.3 Å². The molecule has 0 amide bonds. The van der Waals surface area contributed by atoms with E-state index in [9.17, 15) is 9.90 Å². The fraction of sp³-hybridized carbons (Fsp3) is 0.286. The number of hydrogen-bond donors (Lipinski definition) is 1. The van der Waals surface area contributed by atoms with E-state index in [1.54, 1.807) is 16.7 Å². The van der Waals surface area contributed by atoms with Crippen molar-refractivity contribution < 1.29 is 9.84 Å². The van der Waals surface area contributed by atoms with Gasteiger partial charge in [0.2, 0.25) is 0 Å². The molecular weight excluding hydrogens is 440 g/mol. The van der Waals surface area contributed by atoms with Crippen LogP contribution in [-0.2, 0) is 6.54 Å². The highest BCUT2D eigenvalue weighted by Gasteiger charge is 2.20. The third-order valence-electron chi connectivity index (χ3n) is 6.35. The second kappa shape index (κ2) is 10.8. The van der Waals surface area contributed by atoms with E-state index in [1.807, 2.05) is 60.7 Å². The van der Waals surface area contributed by atoms with Crippen molar-refractivity contribution in [3.63, 3.8) is 0 Å². The molecule has 5 rings (SSSR count). The number of nitrogens with zero attached hydrogens (tertiary/aromatic N) is 4. The SMILES string of the molecule is O=c1cc(CN2CCN(CC(O)COc3ccc(-c4ccccc4)cc3)CC2)nc2ccccn12. The summed E-state index contributed by atoms with van der Waals surface area (Å²) >= 11 is 0. The van der Waals surface area contributed by atoms with Gasteiger partial charge in [0.05, 0.1) is 5.69 Å². The fourth-order valence-electron chi connectivity index (χ4n) is 4.46. The van der Waals surface area contributed by atoms with E-state index in [0.717, 1.165) is 43.2 Å². The first-order valence-corrected chi connectivity index (χ1v) is 12.0. The maximum absolute atomic E-state index is 12.3. The van der Waals surface area contributed by atoms with Gasteiger partial charge in [0.15, 0.2) is 0 Å². The predicted molar refractivity (Wildman–Crippen MR) is 137 cm³/mol. The summed E-state index contributed by atoms with van der Waals surface area (Å²) in [4.78, 5) is 21.5. The van der Waals surface area contributed by atoms with Gasteiger partial charge in [-0.2, -0.15) is 0 Å². The molecule has 1 fully saturated rings. The van der Waals surface area contributed by atoms with Gasteiger partial charge in [-0.15, -0.1) is 0 Å². The number of benzene rings is 2. The number of piperazine rings is 1. The molecule has 1 N–H and O–H groups in total. The van der Waals surface area contributed by atoms with Crippen LogP contribution in [0.15, 0.2) is 89.9 Å². The van der Waals surface area contributed by atoms with Gasteiger partial charge in [-0.05, 0) is 35.4 Å². The number of pyridine rings is 1. The Kier molecular flexibility index (Phi) is 7.18. The average Bonchev–Trinajstić information content (AvgIpc) is 2.89. The number of β-amino-alcohol motifs (C(OH)–C–C–N with tert-alkyl or cyclic N) is 1. The van der Waals surface area contributed by atoms with Gasteiger partial charge in [-0.3, -0.25) is 19.0 Å². The van der Waals surface area contributed by atoms with Gasteiger partial charge in [0, 0.05) is 51.5 Å². The van der Waals surface area contributed by atoms with Crippen molar-refractivity contribution in [2.24, 2.45) is 0 Å². The number of aromatic nitrogens is 2. The van der Waals surface area contributed by atoms with E-state index in [4.69, 9.17) is 4.74 Å². The molecular formula is C28H30N4O3. The van der Waals surface area contributed by atoms with E-state index < -0.39 is 6.10 Å². The molecule has 1 atom stereocenters. The number of aliphatic hydroxyl groups excluding tert-OH is 1. The predicted octanol–water partition coefficient (Wildman–Crippen LogP) is 2.92. The van der Waals surface area contributed by atoms with Crippen molar-refractivity contribution >= 4 is 5.65 Å². The smallest absolute Gasteiger partial charge is 0.258 e. The zero-order valence-corrected chi connectivity index (χ0v) is 19.7. The Morgan fingerprint density at radius 2 is 1.54 bits per heavy atom. The van der Waals surface area contributed by atoms with Gasteiger partial charge >= 0.3 is 0 Å². The molecule has 35 heavy (non-hydrogen) atoms. The molecule has 1 aliphatic rings. The number of rotatable bonds is 8. The largest absolute Gasteiger partial charge is 0.491 e. The Balaban J connectivity index is 1.06. The number of ether oxygens (including phenoxy) is 1. The number of fused-ring (bicyclic) bond motifs is 1. The normalized spacial score (nSPS) is 15.8. The van der Waals surface area contributed by atoms with Crippen molar-refractivity contribution in [2.45, 2.75) is 12.6 Å². The second-order valence-electron chi connectivity index (χ2n) is 8.95. The monoisotopic (exact) mass is 470 g/mol. The van der Waals surface area contributed by atoms with Crippen molar-refractivity contribution in [1.29, 1.82) is 0 Å². The van der Waals surface area contributed by atoms with Crippen molar-refractivity contribution in [1.82, 2.24) is 19.2 Å². The van der Waals surface area contributed by atoms with Crippen LogP contribution in [0.5, 0.6) is 5.75 Å². The molecule has 0 bridgehead atoms. The summed E-state index contributed by atoms with van der Waals surface area (Å²) in [5.74, 6) is 0.757. The van der Waals surface area contributed by atoms with E-state index in [1.165, 1.54) is 5.56 Å². The minimum absolute atomic E-state index is 0.0536. The third-order valence-corrected chi connectivity index (χ3v) is 6.35. The first kappa shape index (κ1) is 23.2. The van der Waals surface area contributed by atoms with Gasteiger partial charge < -0.3 is 9.84 Å². The Labute approximate surface area is 204 Å². The minimum Gasteiger partial charge on any atom is -0.491 e. The van der Waals surface area contributed by atoms with Crippen LogP contribution in [0.4, 0.5) is 0 Å². The van der Waals surface area contributed by atoms with Crippen molar-refractivity contribution in [3.05, 3.63) is 101 Å². The summed E-state index contributed by atoms with van der Waals surface area (Å²) in [5.41, 5.74) is 3.72. The van der Waals surface area contributed by atoms with Crippen molar-refractivity contribution in [3.8, 4) is 16.9 Å². The van der Waals surface area contributed by atoms with Gasteiger partial charge in [0.25, 0.3) is 5.56 Å². The van der Waals surface area contributed by atoms with E-state index in [-0.39, 0.29) is 12.2 Å². The molecule has 0 spiro atoms. The molecule has 2 aromatic carbocycles. The van der Waals surface area contributed by atoms with Crippen LogP contribution in [-0.4, -0.2) is 69.7 Å². The van der Waals surface area contributed by atoms with Crippen LogP contribution in [0.1, 0.15) is 5.69 Å². The maximum atomic E-state index is 12.3. The standard InChI is InChI=1S/C28H30N4O3/c33-25(21-35-26-11-9-23(10-12-26)22-6-2-1-3-7-22)20-31-16-14-30(15-17-31)19-24-18-28(34)32-13-5-4-8-27(32)29-24/h1-13,18,25,33H,14-17,19-21H2. The molecule has 0 radical (unpaired) electrons. The molecule has 2 aromatic heterocycles. The number of hydrogen-bond acceptors (Lipinski definition) is 6. The van der Waals surface area contributed by atoms with Gasteiger partial charge in [-0.1, -0.05) is 48.5 Å². The number of aliphatic hydroxyl groups is 1. The highest BCUT2D eigenvalue weighted by molar-refractivity contribution is 5.63. The van der Waals surface area contributed by atoms with Crippen LogP contribution in [0.2, 0.25) is 0 Å². The van der Waals surface area contributed by atoms with E-state index in [2.05, 4.69) is 26.9 Å². The maximum Gasteiger partial charge on any atom is 0.258 e. The zero-order chi connectivity index (χ0) is 24.0. The molecule has 1 aliphatic heterocycles. The molecule has 0 saturated carbocycles. The topological polar surface area (TPSA) is 70.3 Å².